The highest BCUT2D eigenvalue weighted by atomic mass is 16.3. The Hall–Kier alpha value is -2.55. The zero-order chi connectivity index (χ0) is 15.0. The van der Waals surface area contributed by atoms with Gasteiger partial charge in [-0.15, -0.1) is 0 Å². The zero-order valence-electron chi connectivity index (χ0n) is 12.5. The van der Waals surface area contributed by atoms with Gasteiger partial charge in [0.2, 0.25) is 5.88 Å². The quantitative estimate of drug-likeness (QED) is 0.764. The number of aromatic nitrogens is 2. The van der Waals surface area contributed by atoms with Crippen LogP contribution in [0.25, 0.3) is 17.1 Å². The maximum atomic E-state index is 9.86. The molecule has 0 radical (unpaired) electrons. The van der Waals surface area contributed by atoms with Crippen molar-refractivity contribution in [2.75, 3.05) is 0 Å². The molecule has 0 amide bonds. The average Bonchev–Trinajstić information content (AvgIpc) is 2.80. The van der Waals surface area contributed by atoms with Gasteiger partial charge in [-0.3, -0.25) is 4.57 Å². The molecule has 0 aliphatic rings. The largest absolute Gasteiger partial charge is 0.492 e. The van der Waals surface area contributed by atoms with Crippen molar-refractivity contribution < 1.29 is 5.11 Å². The minimum absolute atomic E-state index is 0.0354. The Bertz CT molecular complexity index is 765. The second-order valence-electron chi connectivity index (χ2n) is 5.41. The van der Waals surface area contributed by atoms with Crippen molar-refractivity contribution in [3.63, 3.8) is 0 Å². The first-order valence-electron chi connectivity index (χ1n) is 6.98. The normalized spacial score (nSPS) is 10.8. The second kappa shape index (κ2) is 5.09. The smallest absolute Gasteiger partial charge is 0.230 e. The van der Waals surface area contributed by atoms with Gasteiger partial charge in [0.15, 0.2) is 0 Å². The first kappa shape index (κ1) is 13.4. The minimum Gasteiger partial charge on any atom is -0.492 e. The summed E-state index contributed by atoms with van der Waals surface area (Å²) in [5.41, 5.74) is 5.63. The summed E-state index contributed by atoms with van der Waals surface area (Å²) in [6.07, 6.45) is 1.67. The van der Waals surface area contributed by atoms with Crippen molar-refractivity contribution in [3.8, 4) is 23.0 Å². The molecule has 0 aliphatic carbocycles. The Balaban J connectivity index is 2.26. The fourth-order valence-corrected chi connectivity index (χ4v) is 2.88. The molecular formula is C18H18N2O. The standard InChI is InChI=1S/C18H18N2O/c1-12-9-13(2)17(14(3)10-12)20-11-16(21)19-18(20)15-7-5-4-6-8-15/h4-11,21H,1-3H3. The molecule has 3 rings (SSSR count). The first-order chi connectivity index (χ1) is 10.1. The predicted molar refractivity (Wildman–Crippen MR) is 84.9 cm³/mol. The van der Waals surface area contributed by atoms with Crippen molar-refractivity contribution in [2.45, 2.75) is 20.8 Å². The Morgan fingerprint density at radius 1 is 0.952 bits per heavy atom. The molecule has 1 N–H and O–H groups in total. The zero-order valence-corrected chi connectivity index (χ0v) is 12.5. The summed E-state index contributed by atoms with van der Waals surface area (Å²) in [5.74, 6) is 0.788. The van der Waals surface area contributed by atoms with E-state index in [0.717, 1.165) is 17.1 Å². The van der Waals surface area contributed by atoms with E-state index in [2.05, 4.69) is 37.9 Å². The maximum absolute atomic E-state index is 9.86. The lowest BCUT2D eigenvalue weighted by molar-refractivity contribution is 0.456. The third-order valence-electron chi connectivity index (χ3n) is 3.60. The molecule has 0 bridgehead atoms. The molecule has 1 heterocycles. The third kappa shape index (κ3) is 2.42. The van der Waals surface area contributed by atoms with Crippen molar-refractivity contribution >= 4 is 0 Å². The number of aryl methyl sites for hydroxylation is 3. The molecule has 3 aromatic rings. The van der Waals surface area contributed by atoms with E-state index in [9.17, 15) is 5.11 Å². The summed E-state index contributed by atoms with van der Waals surface area (Å²) in [4.78, 5) is 4.28. The van der Waals surface area contributed by atoms with Gasteiger partial charge in [-0.2, -0.15) is 4.98 Å². The summed E-state index contributed by atoms with van der Waals surface area (Å²) in [6, 6.07) is 14.2. The van der Waals surface area contributed by atoms with E-state index >= 15 is 0 Å². The van der Waals surface area contributed by atoms with E-state index < -0.39 is 0 Å². The molecule has 0 saturated heterocycles. The summed E-state index contributed by atoms with van der Waals surface area (Å²) in [6.45, 7) is 6.26. The third-order valence-corrected chi connectivity index (χ3v) is 3.60. The molecule has 0 atom stereocenters. The molecule has 0 saturated carbocycles. The number of hydrogen-bond donors (Lipinski definition) is 1. The maximum Gasteiger partial charge on any atom is 0.230 e. The lowest BCUT2D eigenvalue weighted by atomic mass is 10.0. The van der Waals surface area contributed by atoms with E-state index in [0.29, 0.717) is 0 Å². The van der Waals surface area contributed by atoms with Crippen molar-refractivity contribution in [1.82, 2.24) is 9.55 Å². The molecule has 106 valence electrons. The van der Waals surface area contributed by atoms with E-state index in [4.69, 9.17) is 0 Å². The number of hydrogen-bond acceptors (Lipinski definition) is 2. The highest BCUT2D eigenvalue weighted by Gasteiger charge is 2.14. The van der Waals surface area contributed by atoms with Crippen LogP contribution in [0.15, 0.2) is 48.7 Å². The van der Waals surface area contributed by atoms with Crippen LogP contribution in [0.5, 0.6) is 5.88 Å². The van der Waals surface area contributed by atoms with Crippen LogP contribution in [0.1, 0.15) is 16.7 Å². The summed E-state index contributed by atoms with van der Waals surface area (Å²) in [7, 11) is 0. The minimum atomic E-state index is 0.0354. The van der Waals surface area contributed by atoms with Gasteiger partial charge in [-0.05, 0) is 31.9 Å². The van der Waals surface area contributed by atoms with Gasteiger partial charge in [0.05, 0.1) is 11.9 Å². The molecule has 21 heavy (non-hydrogen) atoms. The molecule has 1 aromatic heterocycles. The van der Waals surface area contributed by atoms with Crippen LogP contribution in [-0.4, -0.2) is 14.7 Å². The van der Waals surface area contributed by atoms with Crippen LogP contribution in [0.3, 0.4) is 0 Å². The number of imidazole rings is 1. The number of benzene rings is 2. The topological polar surface area (TPSA) is 38.0 Å². The number of aromatic hydroxyl groups is 1. The Morgan fingerprint density at radius 2 is 1.57 bits per heavy atom. The van der Waals surface area contributed by atoms with E-state index in [1.54, 1.807) is 6.20 Å². The van der Waals surface area contributed by atoms with Gasteiger partial charge in [0.25, 0.3) is 0 Å². The van der Waals surface area contributed by atoms with Gasteiger partial charge in [0.1, 0.15) is 5.82 Å². The van der Waals surface area contributed by atoms with Crippen LogP contribution in [0, 0.1) is 20.8 Å². The van der Waals surface area contributed by atoms with Crippen molar-refractivity contribution in [3.05, 3.63) is 65.4 Å². The number of rotatable bonds is 2. The van der Waals surface area contributed by atoms with E-state index in [-0.39, 0.29) is 5.88 Å². The van der Waals surface area contributed by atoms with E-state index in [1.807, 2.05) is 34.9 Å². The second-order valence-corrected chi connectivity index (χ2v) is 5.41. The Morgan fingerprint density at radius 3 is 2.19 bits per heavy atom. The molecule has 0 unspecified atom stereocenters. The highest BCUT2D eigenvalue weighted by molar-refractivity contribution is 5.62. The first-order valence-corrected chi connectivity index (χ1v) is 6.98. The monoisotopic (exact) mass is 278 g/mol. The fourth-order valence-electron chi connectivity index (χ4n) is 2.88. The molecule has 0 fully saturated rings. The van der Waals surface area contributed by atoms with Gasteiger partial charge in [0, 0.05) is 5.56 Å². The van der Waals surface area contributed by atoms with E-state index in [1.165, 1.54) is 16.7 Å². The van der Waals surface area contributed by atoms with Crippen LogP contribution < -0.4 is 0 Å². The lowest BCUT2D eigenvalue weighted by Gasteiger charge is -2.14. The number of nitrogens with zero attached hydrogens (tertiary/aromatic N) is 2. The average molecular weight is 278 g/mol. The van der Waals surface area contributed by atoms with Gasteiger partial charge < -0.3 is 5.11 Å². The van der Waals surface area contributed by atoms with Crippen LogP contribution in [0.4, 0.5) is 0 Å². The predicted octanol–water partition coefficient (Wildman–Crippen LogP) is 4.17. The highest BCUT2D eigenvalue weighted by Crippen LogP contribution is 2.29. The molecule has 3 heteroatoms. The fraction of sp³-hybridized carbons (Fsp3) is 0.167. The van der Waals surface area contributed by atoms with Gasteiger partial charge >= 0.3 is 0 Å². The molecule has 0 spiro atoms. The summed E-state index contributed by atoms with van der Waals surface area (Å²) >= 11 is 0. The molecular weight excluding hydrogens is 260 g/mol. The Labute approximate surface area is 124 Å². The lowest BCUT2D eigenvalue weighted by Crippen LogP contribution is -2.02. The molecule has 0 aliphatic heterocycles. The van der Waals surface area contributed by atoms with Gasteiger partial charge in [-0.1, -0.05) is 48.0 Å². The van der Waals surface area contributed by atoms with Crippen LogP contribution >= 0.6 is 0 Å². The summed E-state index contributed by atoms with van der Waals surface area (Å²) < 4.78 is 1.97. The molecule has 3 nitrogen and oxygen atoms in total. The SMILES string of the molecule is Cc1cc(C)c(-n2cc(O)nc2-c2ccccc2)c(C)c1. The van der Waals surface area contributed by atoms with Crippen LogP contribution in [-0.2, 0) is 0 Å². The van der Waals surface area contributed by atoms with Gasteiger partial charge in [-0.25, -0.2) is 0 Å². The summed E-state index contributed by atoms with van der Waals surface area (Å²) in [5, 5.41) is 9.86. The van der Waals surface area contributed by atoms with Crippen molar-refractivity contribution in [1.29, 1.82) is 0 Å². The Kier molecular flexibility index (Phi) is 3.26. The van der Waals surface area contributed by atoms with Crippen LogP contribution in [0.2, 0.25) is 0 Å². The molecule has 2 aromatic carbocycles. The van der Waals surface area contributed by atoms with Crippen molar-refractivity contribution in [2.24, 2.45) is 0 Å².